The van der Waals surface area contributed by atoms with Crippen molar-refractivity contribution < 1.29 is 24.5 Å². The Kier molecular flexibility index (Phi) is 10.8. The summed E-state index contributed by atoms with van der Waals surface area (Å²) in [7, 11) is 0. The quantitative estimate of drug-likeness (QED) is 0.154. The van der Waals surface area contributed by atoms with Crippen LogP contribution in [0.2, 0.25) is 0 Å². The fourth-order valence-corrected chi connectivity index (χ4v) is 13.8. The van der Waals surface area contributed by atoms with Gasteiger partial charge in [0.1, 0.15) is 6.04 Å². The van der Waals surface area contributed by atoms with Crippen molar-refractivity contribution in [1.29, 1.82) is 0 Å². The number of carboxylic acids is 1. The van der Waals surface area contributed by atoms with Gasteiger partial charge in [-0.2, -0.15) is 0 Å². The maximum Gasteiger partial charge on any atom is 0.326 e. The number of benzene rings is 1. The molecule has 0 bridgehead atoms. The third kappa shape index (κ3) is 6.49. The summed E-state index contributed by atoms with van der Waals surface area (Å²) in [5, 5.41) is 24.4. The fraction of sp³-hybridized carbons (Fsp3) is 0.773. The number of carboxylic acid groups (broad SMARTS) is 1. The molecule has 0 heterocycles. The summed E-state index contributed by atoms with van der Waals surface area (Å²) < 4.78 is 7.38. The molecule has 0 aliphatic heterocycles. The molecule has 0 radical (unpaired) electrons. The van der Waals surface area contributed by atoms with E-state index in [0.29, 0.717) is 37.4 Å². The van der Waals surface area contributed by atoms with Crippen LogP contribution in [-0.4, -0.2) is 47.4 Å². The molecule has 5 aliphatic carbocycles. The first-order chi connectivity index (χ1) is 23.9. The summed E-state index contributed by atoms with van der Waals surface area (Å²) >= 11 is 3.52. The van der Waals surface area contributed by atoms with Crippen molar-refractivity contribution in [3.05, 3.63) is 46.5 Å². The van der Waals surface area contributed by atoms with Crippen molar-refractivity contribution in [2.75, 3.05) is 13.2 Å². The van der Waals surface area contributed by atoms with Gasteiger partial charge in [-0.1, -0.05) is 83.1 Å². The number of aliphatic hydroxyl groups excluding tert-OH is 1. The van der Waals surface area contributed by atoms with E-state index in [1.807, 2.05) is 13.8 Å². The average Bonchev–Trinajstić information content (AvgIpc) is 3.47. The van der Waals surface area contributed by atoms with E-state index in [9.17, 15) is 19.8 Å². The summed E-state index contributed by atoms with van der Waals surface area (Å²) in [5.41, 5.74) is 2.00. The van der Waals surface area contributed by atoms with Crippen LogP contribution in [0.25, 0.3) is 0 Å². The van der Waals surface area contributed by atoms with Gasteiger partial charge in [0.2, 0.25) is 5.91 Å². The van der Waals surface area contributed by atoms with Gasteiger partial charge in [-0.05, 0) is 157 Å². The predicted molar refractivity (Wildman–Crippen MR) is 207 cm³/mol. The zero-order valence-corrected chi connectivity index (χ0v) is 34.1. The van der Waals surface area contributed by atoms with Crippen LogP contribution in [0.4, 0.5) is 0 Å². The van der Waals surface area contributed by atoms with Crippen molar-refractivity contribution in [1.82, 2.24) is 5.32 Å². The van der Waals surface area contributed by atoms with Crippen LogP contribution in [0, 0.1) is 62.6 Å². The van der Waals surface area contributed by atoms with Crippen LogP contribution in [0.3, 0.4) is 0 Å². The van der Waals surface area contributed by atoms with Gasteiger partial charge in [0.25, 0.3) is 0 Å². The lowest BCUT2D eigenvalue weighted by Gasteiger charge is -2.72. The molecule has 0 spiro atoms. The number of hydrogen-bond acceptors (Lipinski definition) is 4. The number of hydrogen-bond donors (Lipinski definition) is 3. The molecule has 6 rings (SSSR count). The van der Waals surface area contributed by atoms with Crippen LogP contribution in [-0.2, 0) is 20.7 Å². The molecule has 3 N–H and O–H groups in total. The summed E-state index contributed by atoms with van der Waals surface area (Å²) in [6, 6.07) is 7.50. The highest BCUT2D eigenvalue weighted by atomic mass is 79.9. The Morgan fingerprint density at radius 1 is 0.922 bits per heavy atom. The highest BCUT2D eigenvalue weighted by Crippen LogP contribution is 2.77. The second kappa shape index (κ2) is 14.2. The van der Waals surface area contributed by atoms with Crippen molar-refractivity contribution in [2.24, 2.45) is 62.6 Å². The molecular weight excluding hydrogens is 702 g/mol. The van der Waals surface area contributed by atoms with Gasteiger partial charge in [0, 0.05) is 4.47 Å². The van der Waals surface area contributed by atoms with E-state index < -0.39 is 17.4 Å². The van der Waals surface area contributed by atoms with Crippen molar-refractivity contribution in [2.45, 2.75) is 138 Å². The number of rotatable bonds is 11. The summed E-state index contributed by atoms with van der Waals surface area (Å²) in [6.07, 6.45) is 11.0. The number of fused-ring (bicyclic) bond motifs is 7. The van der Waals surface area contributed by atoms with Gasteiger partial charge in [0.05, 0.1) is 24.7 Å². The minimum absolute atomic E-state index is 0.0416. The lowest BCUT2D eigenvalue weighted by Crippen LogP contribution is -2.67. The van der Waals surface area contributed by atoms with Crippen LogP contribution in [0.1, 0.15) is 125 Å². The maximum atomic E-state index is 14.7. The van der Waals surface area contributed by atoms with E-state index in [1.165, 1.54) is 5.56 Å². The number of aliphatic hydroxyl groups is 1. The maximum absolute atomic E-state index is 14.7. The van der Waals surface area contributed by atoms with Gasteiger partial charge < -0.3 is 20.3 Å². The number of aliphatic carboxylic acids is 1. The number of carbonyl (C=O) groups excluding carboxylic acids is 1. The lowest BCUT2D eigenvalue weighted by atomic mass is 9.32. The molecule has 1 amide bonds. The largest absolute Gasteiger partial charge is 0.480 e. The number of carbonyl (C=O) groups is 2. The van der Waals surface area contributed by atoms with E-state index in [-0.39, 0.29) is 51.4 Å². The van der Waals surface area contributed by atoms with Gasteiger partial charge in [-0.25, -0.2) is 4.79 Å². The topological polar surface area (TPSA) is 95.9 Å². The molecule has 5 saturated carbocycles. The zero-order chi connectivity index (χ0) is 37.1. The molecule has 1 aromatic carbocycles. The van der Waals surface area contributed by atoms with Crippen LogP contribution in [0.15, 0.2) is 40.9 Å². The molecule has 7 heteroatoms. The van der Waals surface area contributed by atoms with Crippen molar-refractivity contribution in [3.8, 4) is 0 Å². The molecule has 0 aromatic heterocycles. The summed E-state index contributed by atoms with van der Waals surface area (Å²) in [5.74, 6) is 0.881. The number of halogens is 1. The Morgan fingerprint density at radius 3 is 2.29 bits per heavy atom. The summed E-state index contributed by atoms with van der Waals surface area (Å²) in [6.45, 7) is 22.2. The Hall–Kier alpha value is -1.70. The Balaban J connectivity index is 1.29. The van der Waals surface area contributed by atoms with Gasteiger partial charge in [0.15, 0.2) is 0 Å². The highest BCUT2D eigenvalue weighted by molar-refractivity contribution is 9.10. The standard InChI is InChI=1S/C44H66BrNO5/c1-27(2)25-33(38(48)49)46-39(50)44-21-15-31(28(3)26-51-24-18-29-9-11-30(45)12-10-29)37(44)32-13-14-35-41(6)19-17-36(47)40(4,5)34(41)16-20-43(35,8)42(32,7)22-23-44/h9-12,27,31-37,47H,3,13-26H2,1-2,4-8H3,(H,46,50)(H,48,49)/t31-,32+,33-,34-,35+,36-,37+,41-,42+,43+,44-/m0/s1. The molecule has 11 atom stereocenters. The lowest BCUT2D eigenvalue weighted by molar-refractivity contribution is -0.246. The molecule has 284 valence electrons. The molecule has 5 aliphatic rings. The van der Waals surface area contributed by atoms with E-state index >= 15 is 0 Å². The third-order valence-electron chi connectivity index (χ3n) is 16.4. The molecule has 6 nitrogen and oxygen atoms in total. The Morgan fingerprint density at radius 2 is 1.63 bits per heavy atom. The molecule has 0 saturated heterocycles. The van der Waals surface area contributed by atoms with E-state index in [4.69, 9.17) is 4.74 Å². The normalized spacial score (nSPS) is 40.4. The van der Waals surface area contributed by atoms with Gasteiger partial charge >= 0.3 is 5.97 Å². The van der Waals surface area contributed by atoms with E-state index in [0.717, 1.165) is 80.7 Å². The second-order valence-electron chi connectivity index (χ2n) is 19.5. The molecule has 1 aromatic rings. The van der Waals surface area contributed by atoms with Crippen molar-refractivity contribution in [3.63, 3.8) is 0 Å². The molecule has 5 fully saturated rings. The Bertz CT molecular complexity index is 1470. The highest BCUT2D eigenvalue weighted by Gasteiger charge is 2.72. The first-order valence-electron chi connectivity index (χ1n) is 20.1. The molecular formula is C44H66BrNO5. The van der Waals surface area contributed by atoms with Crippen molar-refractivity contribution >= 4 is 27.8 Å². The van der Waals surface area contributed by atoms with Crippen LogP contribution >= 0.6 is 15.9 Å². The average molecular weight is 769 g/mol. The van der Waals surface area contributed by atoms with Crippen LogP contribution in [0.5, 0.6) is 0 Å². The first-order valence-corrected chi connectivity index (χ1v) is 20.9. The molecule has 51 heavy (non-hydrogen) atoms. The SMILES string of the molecule is C=C(COCCc1ccc(Br)cc1)[C@@H]1CC[C@]2(C(=O)N[C@@H](CC(C)C)C(=O)O)CC[C@]3(C)[C@H](CC[C@@H]4[C@@]5(C)CC[C@H](O)C(C)(C)[C@@H]5CC[C@]43C)[C@@H]12. The number of amides is 1. The number of ether oxygens (including phenoxy) is 1. The van der Waals surface area contributed by atoms with Gasteiger partial charge in [-0.15, -0.1) is 0 Å². The van der Waals surface area contributed by atoms with E-state index in [1.54, 1.807) is 0 Å². The second-order valence-corrected chi connectivity index (χ2v) is 20.4. The predicted octanol–water partition coefficient (Wildman–Crippen LogP) is 9.62. The van der Waals surface area contributed by atoms with Gasteiger partial charge in [-0.3, -0.25) is 4.79 Å². The molecule has 0 unspecified atom stereocenters. The Labute approximate surface area is 316 Å². The van der Waals surface area contributed by atoms with Crippen LogP contribution < -0.4 is 5.32 Å². The number of nitrogens with one attached hydrogen (secondary N) is 1. The smallest absolute Gasteiger partial charge is 0.326 e. The summed E-state index contributed by atoms with van der Waals surface area (Å²) in [4.78, 5) is 27.1. The monoisotopic (exact) mass is 767 g/mol. The fourth-order valence-electron chi connectivity index (χ4n) is 13.6. The zero-order valence-electron chi connectivity index (χ0n) is 32.5. The third-order valence-corrected chi connectivity index (χ3v) is 17.0. The minimum atomic E-state index is -0.942. The first kappa shape index (κ1) is 39.0. The minimum Gasteiger partial charge on any atom is -0.480 e. The van der Waals surface area contributed by atoms with E-state index in [2.05, 4.69) is 86.7 Å².